The number of aromatic carboxylic acids is 1. The van der Waals surface area contributed by atoms with Crippen LogP contribution in [0, 0.1) is 17.0 Å². The highest BCUT2D eigenvalue weighted by atomic mass is 16.6. The minimum Gasteiger partial charge on any atom is -0.476 e. The molecule has 2 aromatic rings. The Hall–Kier alpha value is -3.36. The minimum atomic E-state index is -1.39. The lowest BCUT2D eigenvalue weighted by Gasteiger charge is -2.08. The fraction of sp³-hybridized carbons (Fsp3) is 0.0769. The number of hydrogen-bond acceptors (Lipinski definition) is 6. The van der Waals surface area contributed by atoms with Gasteiger partial charge < -0.3 is 10.4 Å². The number of non-ortho nitro benzene ring substituents is 1. The monoisotopic (exact) mass is 302 g/mol. The van der Waals surface area contributed by atoms with Gasteiger partial charge in [-0.1, -0.05) is 6.07 Å². The van der Waals surface area contributed by atoms with E-state index >= 15 is 0 Å². The van der Waals surface area contributed by atoms with Crippen molar-refractivity contribution in [3.8, 4) is 0 Å². The zero-order valence-electron chi connectivity index (χ0n) is 11.3. The number of anilines is 1. The SMILES string of the molecule is Cc1ccc([N+](=O)[O-])cc1NC(=O)c1nccnc1C(=O)O. The number of carboxylic acid groups (broad SMARTS) is 1. The third kappa shape index (κ3) is 3.03. The van der Waals surface area contributed by atoms with E-state index in [0.717, 1.165) is 6.20 Å². The topological polar surface area (TPSA) is 135 Å². The van der Waals surface area contributed by atoms with Crippen LogP contribution < -0.4 is 5.32 Å². The zero-order chi connectivity index (χ0) is 16.3. The number of carbonyl (C=O) groups excluding carboxylic acids is 1. The standard InChI is InChI=1S/C13H10N4O5/c1-7-2-3-8(17(21)22)6-9(7)16-12(18)10-11(13(19)20)15-5-4-14-10/h2-6H,1H3,(H,16,18)(H,19,20). The lowest BCUT2D eigenvalue weighted by atomic mass is 10.1. The van der Waals surface area contributed by atoms with Crippen molar-refractivity contribution in [1.82, 2.24) is 9.97 Å². The van der Waals surface area contributed by atoms with Gasteiger partial charge >= 0.3 is 5.97 Å². The Labute approximate surface area is 123 Å². The van der Waals surface area contributed by atoms with Crippen molar-refractivity contribution in [2.24, 2.45) is 0 Å². The fourth-order valence-electron chi connectivity index (χ4n) is 1.70. The van der Waals surface area contributed by atoms with E-state index in [-0.39, 0.29) is 17.1 Å². The second-order valence-electron chi connectivity index (χ2n) is 4.27. The van der Waals surface area contributed by atoms with Crippen LogP contribution in [0.1, 0.15) is 26.5 Å². The number of nitrogens with one attached hydrogen (secondary N) is 1. The summed E-state index contributed by atoms with van der Waals surface area (Å²) in [6, 6.07) is 3.96. The molecule has 0 saturated carbocycles. The first-order valence-corrected chi connectivity index (χ1v) is 6.01. The van der Waals surface area contributed by atoms with Crippen LogP contribution in [0.3, 0.4) is 0 Å². The van der Waals surface area contributed by atoms with E-state index in [9.17, 15) is 19.7 Å². The number of nitrogens with zero attached hydrogens (tertiary/aromatic N) is 3. The van der Waals surface area contributed by atoms with Crippen molar-refractivity contribution < 1.29 is 19.6 Å². The Morgan fingerprint density at radius 2 is 1.86 bits per heavy atom. The van der Waals surface area contributed by atoms with Crippen LogP contribution in [-0.4, -0.2) is 31.9 Å². The molecular formula is C13H10N4O5. The number of aromatic nitrogens is 2. The first-order chi connectivity index (χ1) is 10.4. The van der Waals surface area contributed by atoms with E-state index < -0.39 is 22.5 Å². The smallest absolute Gasteiger partial charge is 0.356 e. The van der Waals surface area contributed by atoms with Gasteiger partial charge in [0.1, 0.15) is 0 Å². The molecule has 1 aromatic carbocycles. The van der Waals surface area contributed by atoms with Crippen molar-refractivity contribution in [1.29, 1.82) is 0 Å². The zero-order valence-corrected chi connectivity index (χ0v) is 11.3. The van der Waals surface area contributed by atoms with Crippen molar-refractivity contribution in [2.75, 3.05) is 5.32 Å². The first kappa shape index (κ1) is 15.0. The first-order valence-electron chi connectivity index (χ1n) is 6.01. The summed E-state index contributed by atoms with van der Waals surface area (Å²) in [5, 5.41) is 22.1. The predicted molar refractivity (Wildman–Crippen MR) is 74.8 cm³/mol. The van der Waals surface area contributed by atoms with Crippen molar-refractivity contribution in [3.63, 3.8) is 0 Å². The second-order valence-corrected chi connectivity index (χ2v) is 4.27. The number of carbonyl (C=O) groups is 2. The highest BCUT2D eigenvalue weighted by Crippen LogP contribution is 2.22. The molecule has 1 heterocycles. The largest absolute Gasteiger partial charge is 0.476 e. The molecule has 9 nitrogen and oxygen atoms in total. The van der Waals surface area contributed by atoms with Crippen LogP contribution in [0.4, 0.5) is 11.4 Å². The molecule has 9 heteroatoms. The summed E-state index contributed by atoms with van der Waals surface area (Å²) >= 11 is 0. The Morgan fingerprint density at radius 1 is 1.23 bits per heavy atom. The lowest BCUT2D eigenvalue weighted by molar-refractivity contribution is -0.384. The Kier molecular flexibility index (Phi) is 4.07. The molecule has 0 radical (unpaired) electrons. The number of nitro benzene ring substituents is 1. The van der Waals surface area contributed by atoms with Crippen LogP contribution in [0.15, 0.2) is 30.6 Å². The molecule has 0 aliphatic heterocycles. The van der Waals surface area contributed by atoms with Gasteiger partial charge in [0.15, 0.2) is 11.4 Å². The normalized spacial score (nSPS) is 10.0. The van der Waals surface area contributed by atoms with Gasteiger partial charge in [0.05, 0.1) is 10.6 Å². The lowest BCUT2D eigenvalue weighted by Crippen LogP contribution is -2.19. The van der Waals surface area contributed by atoms with Gasteiger partial charge in [-0.05, 0) is 12.5 Å². The van der Waals surface area contributed by atoms with E-state index in [1.807, 2.05) is 0 Å². The number of amides is 1. The molecule has 0 atom stereocenters. The van der Waals surface area contributed by atoms with E-state index in [1.54, 1.807) is 6.92 Å². The number of benzene rings is 1. The Balaban J connectivity index is 2.36. The molecule has 112 valence electrons. The molecule has 0 unspecified atom stereocenters. The van der Waals surface area contributed by atoms with Crippen LogP contribution in [0.2, 0.25) is 0 Å². The Morgan fingerprint density at radius 3 is 2.45 bits per heavy atom. The van der Waals surface area contributed by atoms with Gasteiger partial charge in [0.2, 0.25) is 0 Å². The molecular weight excluding hydrogens is 292 g/mol. The van der Waals surface area contributed by atoms with Crippen LogP contribution in [0.25, 0.3) is 0 Å². The number of aryl methyl sites for hydroxylation is 1. The van der Waals surface area contributed by atoms with E-state index in [0.29, 0.717) is 5.56 Å². The maximum Gasteiger partial charge on any atom is 0.356 e. The van der Waals surface area contributed by atoms with E-state index in [4.69, 9.17) is 5.11 Å². The average molecular weight is 302 g/mol. The van der Waals surface area contributed by atoms with Crippen molar-refractivity contribution in [3.05, 3.63) is 57.7 Å². The summed E-state index contributed by atoms with van der Waals surface area (Å²) < 4.78 is 0. The van der Waals surface area contributed by atoms with Gasteiger partial charge in [0.25, 0.3) is 11.6 Å². The third-order valence-corrected chi connectivity index (χ3v) is 2.80. The van der Waals surface area contributed by atoms with Crippen LogP contribution >= 0.6 is 0 Å². The minimum absolute atomic E-state index is 0.196. The van der Waals surface area contributed by atoms with Crippen molar-refractivity contribution >= 4 is 23.3 Å². The molecule has 0 spiro atoms. The van der Waals surface area contributed by atoms with Crippen molar-refractivity contribution in [2.45, 2.75) is 6.92 Å². The molecule has 1 amide bonds. The summed E-state index contributed by atoms with van der Waals surface area (Å²) in [5.74, 6) is -2.21. The molecule has 1 aromatic heterocycles. The average Bonchev–Trinajstić information content (AvgIpc) is 2.49. The van der Waals surface area contributed by atoms with Crippen LogP contribution in [-0.2, 0) is 0 Å². The number of hydrogen-bond donors (Lipinski definition) is 2. The quantitative estimate of drug-likeness (QED) is 0.647. The second kappa shape index (κ2) is 5.95. The van der Waals surface area contributed by atoms with E-state index in [1.165, 1.54) is 24.4 Å². The Bertz CT molecular complexity index is 775. The maximum absolute atomic E-state index is 12.1. The predicted octanol–water partition coefficient (Wildman–Crippen LogP) is 1.64. The molecule has 2 N–H and O–H groups in total. The highest BCUT2D eigenvalue weighted by Gasteiger charge is 2.20. The number of rotatable bonds is 4. The molecule has 0 bridgehead atoms. The summed E-state index contributed by atoms with van der Waals surface area (Å²) in [4.78, 5) is 40.6. The van der Waals surface area contributed by atoms with Gasteiger partial charge in [-0.25, -0.2) is 14.8 Å². The van der Waals surface area contributed by atoms with Gasteiger partial charge in [-0.2, -0.15) is 0 Å². The molecule has 22 heavy (non-hydrogen) atoms. The molecule has 0 saturated heterocycles. The summed E-state index contributed by atoms with van der Waals surface area (Å²) in [7, 11) is 0. The molecule has 0 aliphatic carbocycles. The third-order valence-electron chi connectivity index (χ3n) is 2.80. The summed E-state index contributed by atoms with van der Waals surface area (Å²) in [6.45, 7) is 1.65. The summed E-state index contributed by atoms with van der Waals surface area (Å²) in [6.07, 6.45) is 2.33. The van der Waals surface area contributed by atoms with Crippen LogP contribution in [0.5, 0.6) is 0 Å². The maximum atomic E-state index is 12.1. The molecule has 0 fully saturated rings. The number of nitro groups is 1. The molecule has 2 rings (SSSR count). The van der Waals surface area contributed by atoms with Gasteiger partial charge in [-0.15, -0.1) is 0 Å². The summed E-state index contributed by atoms with van der Waals surface area (Å²) in [5.41, 5.74) is -0.289. The molecule has 0 aliphatic rings. The highest BCUT2D eigenvalue weighted by molar-refractivity contribution is 6.08. The fourth-order valence-corrected chi connectivity index (χ4v) is 1.70. The van der Waals surface area contributed by atoms with Gasteiger partial charge in [-0.3, -0.25) is 14.9 Å². The number of carboxylic acids is 1. The van der Waals surface area contributed by atoms with E-state index in [2.05, 4.69) is 15.3 Å². The van der Waals surface area contributed by atoms with Gasteiger partial charge in [0, 0.05) is 24.5 Å².